The molecule has 0 aromatic rings. The minimum absolute atomic E-state index is 0.336. The van der Waals surface area contributed by atoms with Crippen molar-refractivity contribution < 1.29 is 9.84 Å². The first kappa shape index (κ1) is 21.9. The second-order valence-corrected chi connectivity index (χ2v) is 11.8. The lowest BCUT2D eigenvalue weighted by Crippen LogP contribution is -2.53. The molecule has 2 heteroatoms. The summed E-state index contributed by atoms with van der Waals surface area (Å²) in [5.41, 5.74) is 1.96. The summed E-state index contributed by atoms with van der Waals surface area (Å²) in [6.07, 6.45) is 18.0. The van der Waals surface area contributed by atoms with Crippen molar-refractivity contribution >= 4 is 0 Å². The van der Waals surface area contributed by atoms with Crippen LogP contribution in [0.15, 0.2) is 11.6 Å². The van der Waals surface area contributed by atoms with Crippen molar-refractivity contribution in [2.24, 2.45) is 34.5 Å². The fraction of sp³-hybridized carbons (Fsp3) is 0.926. The van der Waals surface area contributed by atoms with Gasteiger partial charge in [-0.15, -0.1) is 0 Å². The molecule has 4 rings (SSSR count). The molecule has 2 nitrogen and oxygen atoms in total. The lowest BCUT2D eigenvalue weighted by molar-refractivity contribution is -0.106. The highest BCUT2D eigenvalue weighted by atomic mass is 16.5. The van der Waals surface area contributed by atoms with Gasteiger partial charge in [0.25, 0.3) is 0 Å². The van der Waals surface area contributed by atoms with E-state index in [0.717, 1.165) is 30.6 Å². The largest absolute Gasteiger partial charge is 0.390 e. The molecule has 1 unspecified atom stereocenters. The van der Waals surface area contributed by atoms with E-state index < -0.39 is 5.60 Å². The first-order valence-corrected chi connectivity index (χ1v) is 12.7. The summed E-state index contributed by atoms with van der Waals surface area (Å²) < 4.78 is 5.73. The van der Waals surface area contributed by atoms with Gasteiger partial charge in [0.15, 0.2) is 0 Å². The van der Waals surface area contributed by atoms with Gasteiger partial charge < -0.3 is 9.84 Å². The molecule has 0 spiro atoms. The maximum atomic E-state index is 11.5. The summed E-state index contributed by atoms with van der Waals surface area (Å²) in [7, 11) is 1.89. The quantitative estimate of drug-likeness (QED) is 0.386. The molecule has 0 radical (unpaired) electrons. The second-order valence-electron chi connectivity index (χ2n) is 11.8. The Morgan fingerprint density at radius 3 is 2.62 bits per heavy atom. The molecule has 0 amide bonds. The average Bonchev–Trinajstić information content (AvgIpc) is 3.05. The Bertz CT molecular complexity index is 622. The number of unbranched alkanes of at least 4 members (excludes halogenated alkanes) is 2. The van der Waals surface area contributed by atoms with Gasteiger partial charge in [0.05, 0.1) is 11.7 Å². The van der Waals surface area contributed by atoms with E-state index in [1.54, 1.807) is 5.57 Å². The lowest BCUT2D eigenvalue weighted by atomic mass is 9.46. The van der Waals surface area contributed by atoms with Crippen LogP contribution < -0.4 is 0 Å². The van der Waals surface area contributed by atoms with E-state index in [4.69, 9.17) is 4.74 Å². The van der Waals surface area contributed by atoms with Gasteiger partial charge in [-0.25, -0.2) is 0 Å². The summed E-state index contributed by atoms with van der Waals surface area (Å²) in [6, 6.07) is 0. The molecular weight excluding hydrogens is 356 g/mol. The highest BCUT2D eigenvalue weighted by Crippen LogP contribution is 2.67. The van der Waals surface area contributed by atoms with Gasteiger partial charge in [-0.3, -0.25) is 0 Å². The van der Waals surface area contributed by atoms with Gasteiger partial charge >= 0.3 is 0 Å². The third kappa shape index (κ3) is 3.55. The molecule has 0 bridgehead atoms. The average molecular weight is 403 g/mol. The SMILES string of the molecule is CCCCCC(C)(O)[C@H]1CC[C@H]2[C@@H]3CC=C4C[C@@H](OC)CC[C@]4(C)[C@H]3CC[C@]12C. The van der Waals surface area contributed by atoms with E-state index in [-0.39, 0.29) is 0 Å². The number of methoxy groups -OCH3 is 1. The standard InChI is InChI=1S/C27H46O2/c1-6-7-8-15-27(4,28)24-12-11-22-21-10-9-19-18-20(29-5)13-16-25(19,2)23(21)14-17-26(22,24)3/h9,20-24,28H,6-8,10-18H2,1-5H3/t20-,21-,22-,23-,24-,25-,26-,27?/m0/s1. The zero-order chi connectivity index (χ0) is 20.9. The van der Waals surface area contributed by atoms with Crippen molar-refractivity contribution in [3.05, 3.63) is 11.6 Å². The van der Waals surface area contributed by atoms with Gasteiger partial charge in [0.2, 0.25) is 0 Å². The Morgan fingerprint density at radius 2 is 1.90 bits per heavy atom. The van der Waals surface area contributed by atoms with Crippen molar-refractivity contribution in [2.45, 2.75) is 116 Å². The second kappa shape index (κ2) is 7.97. The summed E-state index contributed by atoms with van der Waals surface area (Å²) in [5.74, 6) is 2.97. The molecule has 1 N–H and O–H groups in total. The maximum Gasteiger partial charge on any atom is 0.0653 e. The first-order valence-electron chi connectivity index (χ1n) is 12.7. The van der Waals surface area contributed by atoms with E-state index in [1.807, 2.05) is 7.11 Å². The number of rotatable bonds is 6. The van der Waals surface area contributed by atoms with Crippen molar-refractivity contribution in [1.29, 1.82) is 0 Å². The molecule has 4 aliphatic rings. The molecule has 0 saturated heterocycles. The molecule has 0 aromatic carbocycles. The van der Waals surface area contributed by atoms with Crippen LogP contribution in [0, 0.1) is 34.5 Å². The number of ether oxygens (including phenoxy) is 1. The Hall–Kier alpha value is -0.340. The smallest absolute Gasteiger partial charge is 0.0653 e. The molecule has 166 valence electrons. The van der Waals surface area contributed by atoms with Crippen LogP contribution in [0.2, 0.25) is 0 Å². The lowest BCUT2D eigenvalue weighted by Gasteiger charge is -2.59. The highest BCUT2D eigenvalue weighted by molar-refractivity contribution is 5.25. The predicted octanol–water partition coefficient (Wildman–Crippen LogP) is 6.91. The molecule has 8 atom stereocenters. The van der Waals surface area contributed by atoms with Crippen LogP contribution in [0.25, 0.3) is 0 Å². The molecule has 4 aliphatic carbocycles. The molecule has 0 aliphatic heterocycles. The minimum atomic E-state index is -0.485. The van der Waals surface area contributed by atoms with Gasteiger partial charge in [-0.1, -0.05) is 51.7 Å². The van der Waals surface area contributed by atoms with Crippen LogP contribution in [0.4, 0.5) is 0 Å². The topological polar surface area (TPSA) is 29.5 Å². The third-order valence-electron chi connectivity index (χ3n) is 10.4. The molecule has 0 aromatic heterocycles. The van der Waals surface area contributed by atoms with Crippen LogP contribution >= 0.6 is 0 Å². The maximum absolute atomic E-state index is 11.5. The van der Waals surface area contributed by atoms with E-state index in [2.05, 4.69) is 33.8 Å². The van der Waals surface area contributed by atoms with Crippen LogP contribution in [-0.4, -0.2) is 23.9 Å². The number of hydrogen-bond donors (Lipinski definition) is 1. The Morgan fingerprint density at radius 1 is 1.10 bits per heavy atom. The predicted molar refractivity (Wildman–Crippen MR) is 121 cm³/mol. The zero-order valence-corrected chi connectivity index (χ0v) is 19.8. The summed E-state index contributed by atoms with van der Waals surface area (Å²) in [5, 5.41) is 11.5. The third-order valence-corrected chi connectivity index (χ3v) is 10.4. The number of hydrogen-bond acceptors (Lipinski definition) is 2. The van der Waals surface area contributed by atoms with Crippen LogP contribution in [0.5, 0.6) is 0 Å². The van der Waals surface area contributed by atoms with Gasteiger partial charge in [-0.05, 0) is 99.2 Å². The summed E-state index contributed by atoms with van der Waals surface area (Å²) >= 11 is 0. The van der Waals surface area contributed by atoms with Crippen molar-refractivity contribution in [3.63, 3.8) is 0 Å². The van der Waals surface area contributed by atoms with E-state index in [1.165, 1.54) is 64.2 Å². The normalized spacial score (nSPS) is 46.3. The van der Waals surface area contributed by atoms with Crippen molar-refractivity contribution in [2.75, 3.05) is 7.11 Å². The fourth-order valence-electron chi connectivity index (χ4n) is 8.76. The first-order chi connectivity index (χ1) is 13.8. The van der Waals surface area contributed by atoms with Crippen LogP contribution in [-0.2, 0) is 4.74 Å². The molecule has 0 heterocycles. The number of fused-ring (bicyclic) bond motifs is 5. The van der Waals surface area contributed by atoms with Crippen LogP contribution in [0.1, 0.15) is 105 Å². The highest BCUT2D eigenvalue weighted by Gasteiger charge is 2.61. The van der Waals surface area contributed by atoms with Crippen LogP contribution in [0.3, 0.4) is 0 Å². The van der Waals surface area contributed by atoms with Crippen molar-refractivity contribution in [1.82, 2.24) is 0 Å². The molecular formula is C27H46O2. The zero-order valence-electron chi connectivity index (χ0n) is 19.8. The fourth-order valence-corrected chi connectivity index (χ4v) is 8.76. The van der Waals surface area contributed by atoms with E-state index in [9.17, 15) is 5.11 Å². The van der Waals surface area contributed by atoms with Gasteiger partial charge in [0.1, 0.15) is 0 Å². The number of aliphatic hydroxyl groups is 1. The molecule has 29 heavy (non-hydrogen) atoms. The van der Waals surface area contributed by atoms with Gasteiger partial charge in [0, 0.05) is 7.11 Å². The Labute approximate surface area is 179 Å². The Kier molecular flexibility index (Phi) is 6.01. The summed E-state index contributed by atoms with van der Waals surface area (Å²) in [6.45, 7) is 9.56. The minimum Gasteiger partial charge on any atom is -0.390 e. The van der Waals surface area contributed by atoms with Gasteiger partial charge in [-0.2, -0.15) is 0 Å². The molecule has 3 saturated carbocycles. The number of allylic oxidation sites excluding steroid dienone is 1. The molecule has 3 fully saturated rings. The summed E-state index contributed by atoms with van der Waals surface area (Å²) in [4.78, 5) is 0. The Balaban J connectivity index is 1.54. The van der Waals surface area contributed by atoms with E-state index >= 15 is 0 Å². The van der Waals surface area contributed by atoms with Crippen molar-refractivity contribution in [3.8, 4) is 0 Å². The van der Waals surface area contributed by atoms with E-state index in [0.29, 0.717) is 22.9 Å². The monoisotopic (exact) mass is 402 g/mol.